The fourth-order valence-electron chi connectivity index (χ4n) is 4.37. The monoisotopic (exact) mass is 405 g/mol. The Kier molecular flexibility index (Phi) is 6.12. The summed E-state index contributed by atoms with van der Waals surface area (Å²) >= 11 is 0. The molecule has 0 bridgehead atoms. The third kappa shape index (κ3) is 4.22. The third-order valence-electron chi connectivity index (χ3n) is 6.00. The van der Waals surface area contributed by atoms with Crippen molar-refractivity contribution in [1.82, 2.24) is 4.98 Å². The molecule has 4 rings (SSSR count). The van der Waals surface area contributed by atoms with Crippen molar-refractivity contribution in [3.8, 4) is 11.6 Å². The Balaban J connectivity index is 1.63. The van der Waals surface area contributed by atoms with Gasteiger partial charge in [-0.15, -0.1) is 10.2 Å². The lowest BCUT2D eigenvalue weighted by Gasteiger charge is -2.22. The third-order valence-corrected chi connectivity index (χ3v) is 6.00. The van der Waals surface area contributed by atoms with E-state index < -0.39 is 5.91 Å². The number of carbonyl (C=O) groups excluding carboxylic acids is 1. The number of aromatic nitrogens is 1. The van der Waals surface area contributed by atoms with Gasteiger partial charge in [0.05, 0.1) is 12.6 Å². The van der Waals surface area contributed by atoms with Crippen molar-refractivity contribution < 1.29 is 14.6 Å². The van der Waals surface area contributed by atoms with Crippen LogP contribution in [-0.2, 0) is 6.42 Å². The van der Waals surface area contributed by atoms with Gasteiger partial charge in [0.2, 0.25) is 5.88 Å². The van der Waals surface area contributed by atoms with Crippen LogP contribution >= 0.6 is 0 Å². The van der Waals surface area contributed by atoms with Crippen LogP contribution < -0.4 is 4.74 Å². The molecule has 0 saturated heterocycles. The molecule has 3 aromatic rings. The summed E-state index contributed by atoms with van der Waals surface area (Å²) < 4.78 is 5.59. The van der Waals surface area contributed by atoms with Crippen LogP contribution in [0.5, 0.6) is 11.6 Å². The highest BCUT2D eigenvalue weighted by atomic mass is 16.5. The number of hydrogen-bond donors (Lipinski definition) is 2. The van der Waals surface area contributed by atoms with E-state index in [1.807, 2.05) is 18.2 Å². The average Bonchev–Trinajstić information content (AvgIpc) is 3.12. The van der Waals surface area contributed by atoms with Crippen molar-refractivity contribution in [3.05, 3.63) is 53.6 Å². The molecule has 0 unspecified atom stereocenters. The molecule has 0 atom stereocenters. The van der Waals surface area contributed by atoms with E-state index in [0.29, 0.717) is 5.56 Å². The summed E-state index contributed by atoms with van der Waals surface area (Å²) in [6.07, 6.45) is 8.51. The first kappa shape index (κ1) is 20.1. The summed E-state index contributed by atoms with van der Waals surface area (Å²) in [5.74, 6) is 0.991. The number of nitrogens with one attached hydrogen (secondary N) is 1. The van der Waals surface area contributed by atoms with E-state index in [-0.39, 0.29) is 11.6 Å². The summed E-state index contributed by atoms with van der Waals surface area (Å²) in [5, 5.41) is 19.1. The van der Waals surface area contributed by atoms with Gasteiger partial charge in [0, 0.05) is 16.5 Å². The molecule has 1 fully saturated rings. The summed E-state index contributed by atoms with van der Waals surface area (Å²) in [4.78, 5) is 15.3. The maximum Gasteiger partial charge on any atom is 0.295 e. The maximum atomic E-state index is 12.3. The highest BCUT2D eigenvalue weighted by Gasteiger charge is 2.20. The number of benzene rings is 2. The van der Waals surface area contributed by atoms with Gasteiger partial charge in [-0.05, 0) is 43.0 Å². The standard InChI is InChI=1S/C24H27N3O3/c1-30-20-15-14-19-21(18(20)13-12-16-8-4-2-5-9-16)25-24(29)22(19)26-27-23(28)17-10-6-3-7-11-17/h3,6-7,10-11,14-16,25,29H,2,4-5,8-9,12-13H2,1H3. The van der Waals surface area contributed by atoms with E-state index >= 15 is 0 Å². The average molecular weight is 405 g/mol. The van der Waals surface area contributed by atoms with Crippen molar-refractivity contribution in [2.45, 2.75) is 44.9 Å². The van der Waals surface area contributed by atoms with Crippen LogP contribution in [0.3, 0.4) is 0 Å². The molecule has 2 N–H and O–H groups in total. The number of carbonyl (C=O) groups is 1. The van der Waals surface area contributed by atoms with E-state index in [9.17, 15) is 9.90 Å². The highest BCUT2D eigenvalue weighted by Crippen LogP contribution is 2.41. The van der Waals surface area contributed by atoms with E-state index in [4.69, 9.17) is 4.74 Å². The second-order valence-electron chi connectivity index (χ2n) is 7.91. The van der Waals surface area contributed by atoms with Gasteiger partial charge in [0.15, 0.2) is 5.69 Å². The number of ether oxygens (including phenoxy) is 1. The highest BCUT2D eigenvalue weighted by molar-refractivity contribution is 5.98. The number of hydrogen-bond acceptors (Lipinski definition) is 4. The van der Waals surface area contributed by atoms with Gasteiger partial charge in [-0.1, -0.05) is 50.3 Å². The molecule has 30 heavy (non-hydrogen) atoms. The minimum absolute atomic E-state index is 0.0956. The van der Waals surface area contributed by atoms with E-state index in [2.05, 4.69) is 15.2 Å². The Morgan fingerprint density at radius 3 is 2.63 bits per heavy atom. The molecular formula is C24H27N3O3. The smallest absolute Gasteiger partial charge is 0.295 e. The predicted molar refractivity (Wildman–Crippen MR) is 117 cm³/mol. The molecule has 2 aromatic carbocycles. The number of rotatable bonds is 6. The van der Waals surface area contributed by atoms with Crippen molar-refractivity contribution in [1.29, 1.82) is 0 Å². The normalized spacial score (nSPS) is 15.1. The number of aryl methyl sites for hydroxylation is 1. The second-order valence-corrected chi connectivity index (χ2v) is 7.91. The Hall–Kier alpha value is -3.15. The SMILES string of the molecule is COc1ccc2c(N=NC(=O)c3ccccc3)c(O)[nH]c2c1CCC1CCCCC1. The minimum Gasteiger partial charge on any atom is -0.496 e. The molecular weight excluding hydrogens is 378 g/mol. The number of methoxy groups -OCH3 is 1. The molecule has 0 spiro atoms. The van der Waals surface area contributed by atoms with Crippen molar-refractivity contribution in [3.63, 3.8) is 0 Å². The van der Waals surface area contributed by atoms with Crippen LogP contribution in [0.1, 0.15) is 54.4 Å². The van der Waals surface area contributed by atoms with Crippen LogP contribution in [0.15, 0.2) is 52.7 Å². The number of aromatic hydroxyl groups is 1. The maximum absolute atomic E-state index is 12.3. The van der Waals surface area contributed by atoms with E-state index in [1.165, 1.54) is 32.1 Å². The van der Waals surface area contributed by atoms with Crippen LogP contribution in [0.2, 0.25) is 0 Å². The van der Waals surface area contributed by atoms with E-state index in [0.717, 1.165) is 41.0 Å². The molecule has 1 aliphatic carbocycles. The van der Waals surface area contributed by atoms with Gasteiger partial charge in [0.1, 0.15) is 5.75 Å². The first-order chi connectivity index (χ1) is 14.7. The number of azo groups is 1. The molecule has 1 aromatic heterocycles. The van der Waals surface area contributed by atoms with Crippen LogP contribution in [0.4, 0.5) is 5.69 Å². The van der Waals surface area contributed by atoms with Gasteiger partial charge in [-0.2, -0.15) is 0 Å². The minimum atomic E-state index is -0.449. The number of amides is 1. The first-order valence-electron chi connectivity index (χ1n) is 10.6. The Bertz CT molecular complexity index is 1050. The second kappa shape index (κ2) is 9.11. The molecule has 1 heterocycles. The van der Waals surface area contributed by atoms with Gasteiger partial charge < -0.3 is 14.8 Å². The zero-order valence-electron chi connectivity index (χ0n) is 17.2. The molecule has 0 aliphatic heterocycles. The van der Waals surface area contributed by atoms with Gasteiger partial charge in [0.25, 0.3) is 5.91 Å². The molecule has 6 heteroatoms. The lowest BCUT2D eigenvalue weighted by Crippen LogP contribution is -2.08. The number of H-pyrrole nitrogens is 1. The van der Waals surface area contributed by atoms with Crippen molar-refractivity contribution in [2.75, 3.05) is 7.11 Å². The number of fused-ring (bicyclic) bond motifs is 1. The summed E-state index contributed by atoms with van der Waals surface area (Å²) in [6, 6.07) is 12.5. The Morgan fingerprint density at radius 2 is 1.90 bits per heavy atom. The largest absolute Gasteiger partial charge is 0.496 e. The van der Waals surface area contributed by atoms with Gasteiger partial charge >= 0.3 is 0 Å². The molecule has 156 valence electrons. The van der Waals surface area contributed by atoms with Crippen LogP contribution in [0.25, 0.3) is 10.9 Å². The quantitative estimate of drug-likeness (QED) is 0.470. The summed E-state index contributed by atoms with van der Waals surface area (Å²) in [5.41, 5.74) is 2.56. The first-order valence-corrected chi connectivity index (χ1v) is 10.6. The van der Waals surface area contributed by atoms with Crippen LogP contribution in [0, 0.1) is 5.92 Å². The fourth-order valence-corrected chi connectivity index (χ4v) is 4.37. The van der Waals surface area contributed by atoms with Crippen molar-refractivity contribution in [2.24, 2.45) is 16.1 Å². The summed E-state index contributed by atoms with van der Waals surface area (Å²) in [6.45, 7) is 0. The van der Waals surface area contributed by atoms with Gasteiger partial charge in [-0.25, -0.2) is 0 Å². The number of nitrogens with zero attached hydrogens (tertiary/aromatic N) is 2. The number of aromatic amines is 1. The Labute approximate surface area is 176 Å². The predicted octanol–water partition coefficient (Wildman–Crippen LogP) is 6.32. The lowest BCUT2D eigenvalue weighted by atomic mass is 9.85. The van der Waals surface area contributed by atoms with Gasteiger partial charge in [-0.3, -0.25) is 4.79 Å². The molecule has 6 nitrogen and oxygen atoms in total. The summed E-state index contributed by atoms with van der Waals surface area (Å²) in [7, 11) is 1.66. The Morgan fingerprint density at radius 1 is 1.13 bits per heavy atom. The zero-order chi connectivity index (χ0) is 20.9. The van der Waals surface area contributed by atoms with Crippen molar-refractivity contribution >= 4 is 22.5 Å². The molecule has 0 radical (unpaired) electrons. The fraction of sp³-hybridized carbons (Fsp3) is 0.375. The van der Waals surface area contributed by atoms with E-state index in [1.54, 1.807) is 31.4 Å². The van der Waals surface area contributed by atoms with Crippen LogP contribution in [-0.4, -0.2) is 23.1 Å². The topological polar surface area (TPSA) is 87.0 Å². The molecule has 1 aliphatic rings. The zero-order valence-corrected chi connectivity index (χ0v) is 17.2. The molecule has 1 amide bonds. The molecule has 1 saturated carbocycles. The lowest BCUT2D eigenvalue weighted by molar-refractivity contribution is 0.0995.